The quantitative estimate of drug-likeness (QED) is 0.696. The smallest absolute Gasteiger partial charge is 0.234 e. The number of hydrogen-bond acceptors (Lipinski definition) is 5. The Morgan fingerprint density at radius 1 is 1.35 bits per heavy atom. The maximum Gasteiger partial charge on any atom is 0.234 e. The summed E-state index contributed by atoms with van der Waals surface area (Å²) in [5.41, 5.74) is 0.588. The average Bonchev–Trinajstić information content (AvgIpc) is 3.37. The van der Waals surface area contributed by atoms with E-state index in [0.29, 0.717) is 35.3 Å². The molecule has 126 valence electrons. The third-order valence-corrected chi connectivity index (χ3v) is 4.19. The average molecular weight is 341 g/mol. The maximum absolute atomic E-state index is 11.7. The summed E-state index contributed by atoms with van der Waals surface area (Å²) < 4.78 is 10.9. The molecule has 1 aromatic rings. The third kappa shape index (κ3) is 4.50. The fourth-order valence-corrected chi connectivity index (χ4v) is 2.70. The molecule has 1 aliphatic carbocycles. The lowest BCUT2D eigenvalue weighted by Gasteiger charge is -2.21. The Balaban J connectivity index is 1.50. The van der Waals surface area contributed by atoms with Gasteiger partial charge in [-0.3, -0.25) is 4.79 Å². The number of amides is 1. The number of benzene rings is 1. The van der Waals surface area contributed by atoms with Gasteiger partial charge < -0.3 is 25.2 Å². The van der Waals surface area contributed by atoms with E-state index < -0.39 is 6.10 Å². The number of carbonyl (C=O) groups is 1. The van der Waals surface area contributed by atoms with Crippen molar-refractivity contribution in [2.75, 3.05) is 32.8 Å². The molecule has 1 aliphatic heterocycles. The topological polar surface area (TPSA) is 79.8 Å². The predicted octanol–water partition coefficient (Wildman–Crippen LogP) is 1.26. The van der Waals surface area contributed by atoms with Crippen molar-refractivity contribution in [1.82, 2.24) is 10.6 Å². The number of halogens is 1. The second kappa shape index (κ2) is 7.38. The van der Waals surface area contributed by atoms with Gasteiger partial charge in [0.2, 0.25) is 5.91 Å². The molecule has 0 radical (unpaired) electrons. The molecule has 0 aromatic heterocycles. The second-order valence-electron chi connectivity index (χ2n) is 5.92. The first kappa shape index (κ1) is 16.4. The van der Waals surface area contributed by atoms with E-state index in [2.05, 4.69) is 10.6 Å². The van der Waals surface area contributed by atoms with Gasteiger partial charge in [-0.15, -0.1) is 0 Å². The van der Waals surface area contributed by atoms with Gasteiger partial charge in [0, 0.05) is 6.54 Å². The SMILES string of the molecule is O=C(CNCC1CC1)NCC(O)c1cc(Cl)c2c(c1)OCCO2. The number of aliphatic hydroxyl groups excluding tert-OH is 1. The first-order valence-corrected chi connectivity index (χ1v) is 8.26. The van der Waals surface area contributed by atoms with E-state index in [1.54, 1.807) is 12.1 Å². The van der Waals surface area contributed by atoms with Crippen LogP contribution >= 0.6 is 11.6 Å². The van der Waals surface area contributed by atoms with Gasteiger partial charge in [0.25, 0.3) is 0 Å². The van der Waals surface area contributed by atoms with E-state index in [-0.39, 0.29) is 19.0 Å². The van der Waals surface area contributed by atoms with Crippen molar-refractivity contribution in [2.24, 2.45) is 5.92 Å². The maximum atomic E-state index is 11.7. The molecular formula is C16H21ClN2O4. The number of ether oxygens (including phenoxy) is 2. The molecule has 1 atom stereocenters. The van der Waals surface area contributed by atoms with Crippen LogP contribution in [0, 0.1) is 5.92 Å². The van der Waals surface area contributed by atoms with Gasteiger partial charge in [-0.05, 0) is 43.0 Å². The highest BCUT2D eigenvalue weighted by Crippen LogP contribution is 2.39. The summed E-state index contributed by atoms with van der Waals surface area (Å²) in [5, 5.41) is 16.4. The molecule has 7 heteroatoms. The Morgan fingerprint density at radius 2 is 2.13 bits per heavy atom. The van der Waals surface area contributed by atoms with Crippen molar-refractivity contribution in [3.8, 4) is 11.5 Å². The highest BCUT2D eigenvalue weighted by atomic mass is 35.5. The molecule has 0 spiro atoms. The molecule has 3 rings (SSSR count). The number of nitrogens with one attached hydrogen (secondary N) is 2. The summed E-state index contributed by atoms with van der Waals surface area (Å²) in [6.07, 6.45) is 1.65. The normalized spacial score (nSPS) is 17.7. The summed E-state index contributed by atoms with van der Waals surface area (Å²) in [6.45, 7) is 2.18. The molecule has 1 heterocycles. The van der Waals surface area contributed by atoms with Gasteiger partial charge in [0.15, 0.2) is 11.5 Å². The number of rotatable bonds is 7. The van der Waals surface area contributed by atoms with E-state index in [9.17, 15) is 9.90 Å². The minimum absolute atomic E-state index is 0.125. The van der Waals surface area contributed by atoms with Crippen LogP contribution in [0.4, 0.5) is 0 Å². The van der Waals surface area contributed by atoms with Crippen LogP contribution in [-0.2, 0) is 4.79 Å². The van der Waals surface area contributed by atoms with Crippen molar-refractivity contribution < 1.29 is 19.4 Å². The monoisotopic (exact) mass is 340 g/mol. The molecule has 1 fully saturated rings. The molecule has 0 bridgehead atoms. The van der Waals surface area contributed by atoms with Crippen molar-refractivity contribution in [2.45, 2.75) is 18.9 Å². The molecule has 1 amide bonds. The van der Waals surface area contributed by atoms with E-state index in [1.165, 1.54) is 12.8 Å². The number of fused-ring (bicyclic) bond motifs is 1. The fourth-order valence-electron chi connectivity index (χ4n) is 2.43. The van der Waals surface area contributed by atoms with E-state index in [0.717, 1.165) is 12.5 Å². The first-order chi connectivity index (χ1) is 11.1. The minimum Gasteiger partial charge on any atom is -0.486 e. The molecule has 23 heavy (non-hydrogen) atoms. The predicted molar refractivity (Wildman–Crippen MR) is 86.0 cm³/mol. The molecule has 1 aromatic carbocycles. The fraction of sp³-hybridized carbons (Fsp3) is 0.562. The van der Waals surface area contributed by atoms with Crippen LogP contribution < -0.4 is 20.1 Å². The highest BCUT2D eigenvalue weighted by Gasteiger charge is 2.21. The van der Waals surface area contributed by atoms with Crippen LogP contribution in [0.1, 0.15) is 24.5 Å². The van der Waals surface area contributed by atoms with Gasteiger partial charge >= 0.3 is 0 Å². The number of hydrogen-bond donors (Lipinski definition) is 3. The Bertz CT molecular complexity index is 577. The van der Waals surface area contributed by atoms with Crippen LogP contribution in [-0.4, -0.2) is 43.9 Å². The van der Waals surface area contributed by atoms with Crippen LogP contribution in [0.25, 0.3) is 0 Å². The Hall–Kier alpha value is -1.50. The first-order valence-electron chi connectivity index (χ1n) is 7.88. The number of aliphatic hydroxyl groups is 1. The van der Waals surface area contributed by atoms with Gasteiger partial charge in [0.1, 0.15) is 13.2 Å². The van der Waals surface area contributed by atoms with Gasteiger partial charge in [-0.25, -0.2) is 0 Å². The Morgan fingerprint density at radius 3 is 2.91 bits per heavy atom. The summed E-state index contributed by atoms with van der Waals surface area (Å²) in [4.78, 5) is 11.7. The standard InChI is InChI=1S/C16H21ClN2O4/c17-12-5-11(6-14-16(12)23-4-3-22-14)13(20)8-19-15(21)9-18-7-10-1-2-10/h5-6,10,13,18,20H,1-4,7-9H2,(H,19,21). The van der Waals surface area contributed by atoms with E-state index >= 15 is 0 Å². The summed E-state index contributed by atoms with van der Waals surface area (Å²) >= 11 is 6.14. The summed E-state index contributed by atoms with van der Waals surface area (Å²) in [5.74, 6) is 1.62. The zero-order chi connectivity index (χ0) is 16.2. The lowest BCUT2D eigenvalue weighted by Crippen LogP contribution is -2.36. The zero-order valence-corrected chi connectivity index (χ0v) is 13.6. The highest BCUT2D eigenvalue weighted by molar-refractivity contribution is 6.32. The second-order valence-corrected chi connectivity index (χ2v) is 6.33. The lowest BCUT2D eigenvalue weighted by molar-refractivity contribution is -0.120. The largest absolute Gasteiger partial charge is 0.486 e. The molecule has 2 aliphatic rings. The summed E-state index contributed by atoms with van der Waals surface area (Å²) in [6, 6.07) is 3.33. The lowest BCUT2D eigenvalue weighted by atomic mass is 10.1. The van der Waals surface area contributed by atoms with Crippen molar-refractivity contribution in [3.05, 3.63) is 22.7 Å². The number of carbonyl (C=O) groups excluding carboxylic acids is 1. The van der Waals surface area contributed by atoms with Gasteiger partial charge in [-0.1, -0.05) is 11.6 Å². The molecule has 1 unspecified atom stereocenters. The molecule has 0 saturated heterocycles. The van der Waals surface area contributed by atoms with Crippen LogP contribution in [0.5, 0.6) is 11.5 Å². The zero-order valence-electron chi connectivity index (χ0n) is 12.8. The van der Waals surface area contributed by atoms with E-state index in [1.807, 2.05) is 0 Å². The third-order valence-electron chi connectivity index (χ3n) is 3.91. The van der Waals surface area contributed by atoms with Crippen LogP contribution in [0.15, 0.2) is 12.1 Å². The Kier molecular flexibility index (Phi) is 5.25. The molecular weight excluding hydrogens is 320 g/mol. The Labute approximate surface area is 140 Å². The molecule has 1 saturated carbocycles. The van der Waals surface area contributed by atoms with Crippen LogP contribution in [0.2, 0.25) is 5.02 Å². The minimum atomic E-state index is -0.851. The van der Waals surface area contributed by atoms with E-state index in [4.69, 9.17) is 21.1 Å². The van der Waals surface area contributed by atoms with Crippen LogP contribution in [0.3, 0.4) is 0 Å². The van der Waals surface area contributed by atoms with Crippen molar-refractivity contribution in [3.63, 3.8) is 0 Å². The molecule has 6 nitrogen and oxygen atoms in total. The summed E-state index contributed by atoms with van der Waals surface area (Å²) in [7, 11) is 0. The molecule has 3 N–H and O–H groups in total. The van der Waals surface area contributed by atoms with Gasteiger partial charge in [0.05, 0.1) is 17.7 Å². The van der Waals surface area contributed by atoms with Gasteiger partial charge in [-0.2, -0.15) is 0 Å². The van der Waals surface area contributed by atoms with Crippen molar-refractivity contribution >= 4 is 17.5 Å². The van der Waals surface area contributed by atoms with Crippen molar-refractivity contribution in [1.29, 1.82) is 0 Å².